The molecule has 0 aliphatic heterocycles. The van der Waals surface area contributed by atoms with E-state index in [2.05, 4.69) is 25.3 Å². The number of hydrogen-bond acceptors (Lipinski definition) is 7. The summed E-state index contributed by atoms with van der Waals surface area (Å²) in [7, 11) is 0. The highest BCUT2D eigenvalue weighted by molar-refractivity contribution is 7.99. The van der Waals surface area contributed by atoms with Crippen LogP contribution in [0.4, 0.5) is 0 Å². The summed E-state index contributed by atoms with van der Waals surface area (Å²) in [5.41, 5.74) is 1.75. The van der Waals surface area contributed by atoms with E-state index in [0.717, 1.165) is 22.1 Å². The molecule has 116 valence electrons. The molecule has 0 aromatic carbocycles. The van der Waals surface area contributed by atoms with Gasteiger partial charge in [0.2, 0.25) is 5.16 Å². The van der Waals surface area contributed by atoms with Crippen LogP contribution in [-0.2, 0) is 5.41 Å². The summed E-state index contributed by atoms with van der Waals surface area (Å²) in [5, 5.41) is 14.1. The van der Waals surface area contributed by atoms with Crippen LogP contribution < -0.4 is 5.84 Å². The van der Waals surface area contributed by atoms with E-state index in [0.29, 0.717) is 10.9 Å². The molecule has 0 fully saturated rings. The summed E-state index contributed by atoms with van der Waals surface area (Å²) in [4.78, 5) is 8.55. The lowest BCUT2D eigenvalue weighted by molar-refractivity contribution is 0.523. The highest BCUT2D eigenvalue weighted by Gasteiger charge is 2.24. The Hall–Kier alpha value is -2.16. The Morgan fingerprint density at radius 1 is 1.18 bits per heavy atom. The normalized spacial score (nSPS) is 12.2. The molecule has 0 aliphatic carbocycles. The smallest absolute Gasteiger partial charge is 0.253 e. The van der Waals surface area contributed by atoms with Crippen LogP contribution in [0.2, 0.25) is 0 Å². The zero-order valence-electron chi connectivity index (χ0n) is 13.2. The van der Waals surface area contributed by atoms with Crippen molar-refractivity contribution in [1.82, 2.24) is 34.5 Å². The first kappa shape index (κ1) is 14.8. The van der Waals surface area contributed by atoms with E-state index in [4.69, 9.17) is 5.84 Å². The summed E-state index contributed by atoms with van der Waals surface area (Å²) in [6, 6.07) is 0. The third-order valence-corrected chi connectivity index (χ3v) is 4.51. The van der Waals surface area contributed by atoms with Gasteiger partial charge in [-0.2, -0.15) is 14.6 Å². The van der Waals surface area contributed by atoms with Crippen molar-refractivity contribution in [3.8, 4) is 0 Å². The highest BCUT2D eigenvalue weighted by Crippen LogP contribution is 2.31. The maximum Gasteiger partial charge on any atom is 0.253 e. The van der Waals surface area contributed by atoms with Crippen molar-refractivity contribution < 1.29 is 0 Å². The zero-order chi connectivity index (χ0) is 16.1. The first-order valence-corrected chi connectivity index (χ1v) is 7.66. The molecule has 22 heavy (non-hydrogen) atoms. The topological polar surface area (TPSA) is 99.8 Å². The second kappa shape index (κ2) is 4.94. The Bertz CT molecular complexity index is 842. The minimum atomic E-state index is -0.174. The summed E-state index contributed by atoms with van der Waals surface area (Å²) in [6.45, 7) is 10.1. The minimum Gasteiger partial charge on any atom is -0.336 e. The van der Waals surface area contributed by atoms with Gasteiger partial charge < -0.3 is 5.84 Å². The van der Waals surface area contributed by atoms with E-state index < -0.39 is 0 Å². The second-order valence-corrected chi connectivity index (χ2v) is 7.08. The quantitative estimate of drug-likeness (QED) is 0.564. The van der Waals surface area contributed by atoms with Gasteiger partial charge in [0.15, 0.2) is 5.82 Å². The molecule has 2 N–H and O–H groups in total. The number of hydrogen-bond donors (Lipinski definition) is 1. The summed E-state index contributed by atoms with van der Waals surface area (Å²) in [6.07, 6.45) is 1.49. The molecular weight excluding hydrogens is 300 g/mol. The molecule has 0 unspecified atom stereocenters. The van der Waals surface area contributed by atoms with E-state index in [9.17, 15) is 0 Å². The van der Waals surface area contributed by atoms with Gasteiger partial charge in [0.05, 0.1) is 0 Å². The maximum atomic E-state index is 6.15. The van der Waals surface area contributed by atoms with Gasteiger partial charge in [-0.3, -0.25) is 0 Å². The van der Waals surface area contributed by atoms with Crippen LogP contribution in [0.1, 0.15) is 37.9 Å². The van der Waals surface area contributed by atoms with Crippen molar-refractivity contribution in [2.24, 2.45) is 0 Å². The second-order valence-electron chi connectivity index (χ2n) is 6.13. The molecule has 0 radical (unpaired) electrons. The third kappa shape index (κ3) is 2.31. The van der Waals surface area contributed by atoms with Crippen LogP contribution in [-0.4, -0.2) is 34.5 Å². The summed E-state index contributed by atoms with van der Waals surface area (Å²) >= 11 is 1.41. The Morgan fingerprint density at radius 2 is 1.91 bits per heavy atom. The Labute approximate surface area is 132 Å². The summed E-state index contributed by atoms with van der Waals surface area (Å²) < 4.78 is 3.22. The average Bonchev–Trinajstić information content (AvgIpc) is 3.01. The predicted octanol–water partition coefficient (Wildman–Crippen LogP) is 1.50. The molecule has 8 nitrogen and oxygen atoms in total. The van der Waals surface area contributed by atoms with Gasteiger partial charge >= 0.3 is 0 Å². The standard InChI is InChI=1S/C13H18N8S/c1-7-8(2)17-11-15-6-16-21(11)9(7)22-12-19-18-10(20(12)14)13(3,4)5/h6H,14H2,1-5H3. The molecule has 0 saturated carbocycles. The first-order valence-electron chi connectivity index (χ1n) is 6.85. The number of aromatic nitrogens is 7. The Kier molecular flexibility index (Phi) is 3.32. The molecule has 3 rings (SSSR count). The van der Waals surface area contributed by atoms with E-state index in [-0.39, 0.29) is 5.41 Å². The Balaban J connectivity index is 2.10. The molecule has 3 aromatic rings. The monoisotopic (exact) mass is 318 g/mol. The van der Waals surface area contributed by atoms with Crippen LogP contribution in [0, 0.1) is 13.8 Å². The molecule has 3 heterocycles. The van der Waals surface area contributed by atoms with Gasteiger partial charge in [-0.1, -0.05) is 20.8 Å². The number of nitrogens with zero attached hydrogens (tertiary/aromatic N) is 7. The van der Waals surface area contributed by atoms with E-state index in [1.807, 2.05) is 34.6 Å². The molecule has 0 atom stereocenters. The van der Waals surface area contributed by atoms with Crippen molar-refractivity contribution in [3.63, 3.8) is 0 Å². The number of rotatable bonds is 2. The lowest BCUT2D eigenvalue weighted by Crippen LogP contribution is -2.24. The largest absolute Gasteiger partial charge is 0.336 e. The zero-order valence-corrected chi connectivity index (χ0v) is 14.0. The number of nitrogen functional groups attached to an aromatic ring is 1. The number of aryl methyl sites for hydroxylation is 1. The van der Waals surface area contributed by atoms with Gasteiger partial charge in [0.25, 0.3) is 5.78 Å². The molecule has 0 bridgehead atoms. The maximum absolute atomic E-state index is 6.15. The van der Waals surface area contributed by atoms with Crippen molar-refractivity contribution in [3.05, 3.63) is 23.4 Å². The van der Waals surface area contributed by atoms with Crippen LogP contribution in [0.5, 0.6) is 0 Å². The van der Waals surface area contributed by atoms with Gasteiger partial charge in [0, 0.05) is 16.7 Å². The van der Waals surface area contributed by atoms with E-state index in [1.165, 1.54) is 22.8 Å². The van der Waals surface area contributed by atoms with E-state index in [1.54, 1.807) is 4.52 Å². The summed E-state index contributed by atoms with van der Waals surface area (Å²) in [5.74, 6) is 7.44. The van der Waals surface area contributed by atoms with Gasteiger partial charge in [-0.25, -0.2) is 9.66 Å². The molecule has 0 amide bonds. The fourth-order valence-electron chi connectivity index (χ4n) is 2.07. The molecule has 0 aliphatic rings. The number of fused-ring (bicyclic) bond motifs is 1. The first-order chi connectivity index (χ1) is 10.3. The van der Waals surface area contributed by atoms with Crippen LogP contribution >= 0.6 is 11.8 Å². The molecule has 3 aromatic heterocycles. The molecular formula is C13H18N8S. The van der Waals surface area contributed by atoms with Crippen LogP contribution in [0.25, 0.3) is 5.78 Å². The van der Waals surface area contributed by atoms with Gasteiger partial charge in [-0.05, 0) is 25.6 Å². The van der Waals surface area contributed by atoms with Crippen molar-refractivity contribution >= 4 is 17.5 Å². The molecule has 0 saturated heterocycles. The molecule has 9 heteroatoms. The highest BCUT2D eigenvalue weighted by atomic mass is 32.2. The van der Waals surface area contributed by atoms with Gasteiger partial charge in [0.1, 0.15) is 11.4 Å². The average molecular weight is 318 g/mol. The lowest BCUT2D eigenvalue weighted by atomic mass is 9.96. The predicted molar refractivity (Wildman–Crippen MR) is 83.3 cm³/mol. The van der Waals surface area contributed by atoms with Crippen molar-refractivity contribution in [2.45, 2.75) is 50.2 Å². The Morgan fingerprint density at radius 3 is 2.55 bits per heavy atom. The fraction of sp³-hybridized carbons (Fsp3) is 0.462. The fourth-order valence-corrected chi connectivity index (χ4v) is 3.02. The SMILES string of the molecule is Cc1nc2ncnn2c(Sc2nnc(C(C)(C)C)n2N)c1C. The van der Waals surface area contributed by atoms with E-state index >= 15 is 0 Å². The minimum absolute atomic E-state index is 0.174. The van der Waals surface area contributed by atoms with Gasteiger partial charge in [-0.15, -0.1) is 10.2 Å². The van der Waals surface area contributed by atoms with Crippen molar-refractivity contribution in [1.29, 1.82) is 0 Å². The third-order valence-electron chi connectivity index (χ3n) is 3.38. The molecule has 0 spiro atoms. The van der Waals surface area contributed by atoms with Crippen molar-refractivity contribution in [2.75, 3.05) is 5.84 Å². The van der Waals surface area contributed by atoms with Crippen LogP contribution in [0.15, 0.2) is 16.5 Å². The van der Waals surface area contributed by atoms with Crippen LogP contribution in [0.3, 0.4) is 0 Å². The lowest BCUT2D eigenvalue weighted by Gasteiger charge is -2.16. The number of nitrogens with two attached hydrogens (primary N) is 1.